The van der Waals surface area contributed by atoms with Crippen LogP contribution in [0.1, 0.15) is 52.7 Å². The Hall–Kier alpha value is -6.79. The van der Waals surface area contributed by atoms with Crippen LogP contribution >= 0.6 is 0 Å². The number of hydrogen-bond acceptors (Lipinski definition) is 5. The molecular weight excluding hydrogens is 717 g/mol. The highest BCUT2D eigenvalue weighted by Gasteiger charge is 2.44. The van der Waals surface area contributed by atoms with E-state index in [1.54, 1.807) is 12.7 Å². The van der Waals surface area contributed by atoms with E-state index in [0.717, 1.165) is 28.3 Å². The van der Waals surface area contributed by atoms with Crippen LogP contribution < -0.4 is 26.2 Å². The minimum atomic E-state index is -0.0508. The molecule has 2 aliphatic heterocycles. The Morgan fingerprint density at radius 1 is 0.407 bits per heavy atom. The first-order valence-corrected chi connectivity index (χ1v) is 20.5. The Bertz CT molecular complexity index is 2650. The van der Waals surface area contributed by atoms with Gasteiger partial charge in [0, 0.05) is 39.7 Å². The predicted octanol–water partition coefficient (Wildman–Crippen LogP) is 11.6. The topological polar surface area (TPSA) is 45.2 Å². The van der Waals surface area contributed by atoms with Crippen molar-refractivity contribution in [3.8, 4) is 33.6 Å². The van der Waals surface area contributed by atoms with Crippen LogP contribution in [0.25, 0.3) is 33.6 Å². The molecule has 1 aromatic heterocycles. The number of hydrogen-bond donors (Lipinski definition) is 0. The Morgan fingerprint density at radius 3 is 1.22 bits per heavy atom. The minimum Gasteiger partial charge on any atom is -0.311 e. The lowest BCUT2D eigenvalue weighted by Gasteiger charge is -2.45. The molecule has 0 radical (unpaired) electrons. The van der Waals surface area contributed by atoms with Crippen LogP contribution in [0, 0.1) is 0 Å². The molecule has 2 aliphatic rings. The van der Waals surface area contributed by atoms with Crippen molar-refractivity contribution in [2.75, 3.05) is 9.80 Å². The van der Waals surface area contributed by atoms with Gasteiger partial charge in [0.25, 0.3) is 6.71 Å². The summed E-state index contributed by atoms with van der Waals surface area (Å²) in [4.78, 5) is 18.6. The van der Waals surface area contributed by atoms with Gasteiger partial charge in [-0.05, 0) is 109 Å². The molecule has 0 saturated carbocycles. The Balaban J connectivity index is 1.27. The summed E-state index contributed by atoms with van der Waals surface area (Å²) in [5.41, 5.74) is 18.8. The molecule has 286 valence electrons. The maximum atomic E-state index is 4.72. The Labute approximate surface area is 348 Å². The second kappa shape index (κ2) is 14.0. The minimum absolute atomic E-state index is 0.0138. The van der Waals surface area contributed by atoms with Crippen molar-refractivity contribution in [1.29, 1.82) is 0 Å². The van der Waals surface area contributed by atoms with Gasteiger partial charge in [-0.3, -0.25) is 0 Å². The zero-order valence-corrected chi connectivity index (χ0v) is 34.5. The van der Waals surface area contributed by atoms with Crippen LogP contribution in [-0.4, -0.2) is 21.7 Å². The van der Waals surface area contributed by atoms with E-state index >= 15 is 0 Å². The summed E-state index contributed by atoms with van der Waals surface area (Å²) in [5.74, 6) is 0.637. The highest BCUT2D eigenvalue weighted by atomic mass is 15.2. The van der Waals surface area contributed by atoms with E-state index in [4.69, 9.17) is 9.97 Å². The highest BCUT2D eigenvalue weighted by Crippen LogP contribution is 2.47. The molecule has 10 rings (SSSR count). The van der Waals surface area contributed by atoms with Gasteiger partial charge >= 0.3 is 0 Å². The van der Waals surface area contributed by atoms with Crippen LogP contribution in [-0.2, 0) is 10.8 Å². The van der Waals surface area contributed by atoms with Crippen LogP contribution in [0.3, 0.4) is 0 Å². The van der Waals surface area contributed by atoms with Gasteiger partial charge in [0.2, 0.25) is 0 Å². The molecule has 0 saturated heterocycles. The molecule has 5 nitrogen and oxygen atoms in total. The van der Waals surface area contributed by atoms with Gasteiger partial charge in [-0.15, -0.1) is 0 Å². The third kappa shape index (κ3) is 6.40. The SMILES string of the molecule is CC(C)(C)c1ccc2c(c1)N(c1ccc(-c3ccccc3)cc1)c1cc(-c3ncncn3)cc3c1B2c1ccc(C(C)(C)C)cc1N3c1ccc(-c2ccccc2)cc1. The number of anilines is 6. The largest absolute Gasteiger partial charge is 0.311 e. The Morgan fingerprint density at radius 2 is 0.814 bits per heavy atom. The fourth-order valence-corrected chi connectivity index (χ4v) is 8.86. The smallest absolute Gasteiger partial charge is 0.252 e. The summed E-state index contributed by atoms with van der Waals surface area (Å²) in [6, 6.07) is 58.2. The zero-order valence-electron chi connectivity index (χ0n) is 34.5. The fourth-order valence-electron chi connectivity index (χ4n) is 8.86. The van der Waals surface area contributed by atoms with Crippen LogP contribution in [0.2, 0.25) is 0 Å². The van der Waals surface area contributed by atoms with E-state index in [2.05, 4.69) is 214 Å². The normalized spacial score (nSPS) is 13.2. The third-order valence-electron chi connectivity index (χ3n) is 12.0. The number of aromatic nitrogens is 3. The molecule has 0 aliphatic carbocycles. The standard InChI is InChI=1S/C53H46BN5/c1-52(2,3)40-21-27-44-46(31-40)58(42-23-17-37(18-24-42)35-13-9-7-10-14-35)48-29-39(51-56-33-55-34-57-51)30-49-50(48)54(44)45-28-22-41(53(4,5)6)32-47(45)59(49)43-25-19-38(20-26-43)36-15-11-8-12-16-36/h7-34H,1-6H3. The van der Waals surface area contributed by atoms with Crippen LogP contribution in [0.5, 0.6) is 0 Å². The molecule has 8 aromatic rings. The molecule has 0 atom stereocenters. The molecule has 0 spiro atoms. The fraction of sp³-hybridized carbons (Fsp3) is 0.151. The first-order chi connectivity index (χ1) is 28.5. The molecular formula is C53H46BN5. The molecule has 59 heavy (non-hydrogen) atoms. The van der Waals surface area contributed by atoms with Crippen molar-refractivity contribution in [2.24, 2.45) is 0 Å². The third-order valence-corrected chi connectivity index (χ3v) is 12.0. The molecule has 0 fully saturated rings. The molecule has 6 heteroatoms. The summed E-state index contributed by atoms with van der Waals surface area (Å²) in [5, 5.41) is 0. The van der Waals surface area contributed by atoms with Crippen LogP contribution in [0.4, 0.5) is 34.1 Å². The van der Waals surface area contributed by atoms with E-state index < -0.39 is 0 Å². The number of fused-ring (bicyclic) bond motifs is 4. The average Bonchev–Trinajstić information content (AvgIpc) is 3.26. The van der Waals surface area contributed by atoms with E-state index in [1.165, 1.54) is 61.1 Å². The van der Waals surface area contributed by atoms with Crippen molar-refractivity contribution < 1.29 is 0 Å². The second-order valence-corrected chi connectivity index (χ2v) is 17.9. The summed E-state index contributed by atoms with van der Waals surface area (Å²) < 4.78 is 0. The molecule has 7 aromatic carbocycles. The molecule has 0 bridgehead atoms. The summed E-state index contributed by atoms with van der Waals surface area (Å²) >= 11 is 0. The lowest BCUT2D eigenvalue weighted by Crippen LogP contribution is -2.61. The van der Waals surface area contributed by atoms with E-state index in [1.807, 2.05) is 0 Å². The zero-order chi connectivity index (χ0) is 40.5. The first-order valence-electron chi connectivity index (χ1n) is 20.5. The van der Waals surface area contributed by atoms with Crippen LogP contribution in [0.15, 0.2) is 170 Å². The molecule has 0 unspecified atom stereocenters. The summed E-state index contributed by atoms with van der Waals surface area (Å²) in [7, 11) is 0. The van der Waals surface area contributed by atoms with Gasteiger partial charge < -0.3 is 9.80 Å². The maximum absolute atomic E-state index is 4.72. The van der Waals surface area contributed by atoms with Gasteiger partial charge in [-0.25, -0.2) is 15.0 Å². The van der Waals surface area contributed by atoms with Crippen molar-refractivity contribution >= 4 is 57.2 Å². The maximum Gasteiger partial charge on any atom is 0.252 e. The number of benzene rings is 7. The predicted molar refractivity (Wildman–Crippen MR) is 248 cm³/mol. The van der Waals surface area contributed by atoms with E-state index in [0.29, 0.717) is 5.82 Å². The van der Waals surface area contributed by atoms with Crippen molar-refractivity contribution in [3.05, 3.63) is 182 Å². The average molecular weight is 764 g/mol. The van der Waals surface area contributed by atoms with E-state index in [-0.39, 0.29) is 17.5 Å². The van der Waals surface area contributed by atoms with Gasteiger partial charge in [0.1, 0.15) is 12.7 Å². The van der Waals surface area contributed by atoms with E-state index in [9.17, 15) is 0 Å². The first kappa shape index (κ1) is 36.5. The van der Waals surface area contributed by atoms with Gasteiger partial charge in [-0.2, -0.15) is 0 Å². The highest BCUT2D eigenvalue weighted by molar-refractivity contribution is 7.00. The second-order valence-electron chi connectivity index (χ2n) is 17.9. The summed E-state index contributed by atoms with van der Waals surface area (Å²) in [6.07, 6.45) is 3.18. The van der Waals surface area contributed by atoms with Crippen molar-refractivity contribution in [2.45, 2.75) is 52.4 Å². The number of rotatable bonds is 5. The monoisotopic (exact) mass is 763 g/mol. The van der Waals surface area contributed by atoms with Crippen molar-refractivity contribution in [1.82, 2.24) is 15.0 Å². The van der Waals surface area contributed by atoms with Gasteiger partial charge in [0.05, 0.1) is 0 Å². The number of nitrogens with zero attached hydrogens (tertiary/aromatic N) is 5. The quantitative estimate of drug-likeness (QED) is 0.163. The Kier molecular flexibility index (Phi) is 8.64. The summed E-state index contributed by atoms with van der Waals surface area (Å²) in [6.45, 7) is 13.8. The molecule has 0 N–H and O–H groups in total. The molecule has 3 heterocycles. The lowest BCUT2D eigenvalue weighted by molar-refractivity contribution is 0.590. The van der Waals surface area contributed by atoms with Gasteiger partial charge in [-0.1, -0.05) is 151 Å². The van der Waals surface area contributed by atoms with Gasteiger partial charge in [0.15, 0.2) is 5.82 Å². The van der Waals surface area contributed by atoms with Crippen molar-refractivity contribution in [3.63, 3.8) is 0 Å². The lowest BCUT2D eigenvalue weighted by atomic mass is 9.33. The molecule has 0 amide bonds.